The molecule has 1 saturated heterocycles. The molecule has 1 fully saturated rings. The van der Waals surface area contributed by atoms with Gasteiger partial charge < -0.3 is 15.2 Å². The minimum Gasteiger partial charge on any atom is -0.508 e. The van der Waals surface area contributed by atoms with Gasteiger partial charge in [-0.15, -0.1) is 0 Å². The topological polar surface area (TPSA) is 58.6 Å². The van der Waals surface area contributed by atoms with E-state index in [1.165, 1.54) is 0 Å². The highest BCUT2D eigenvalue weighted by atomic mass is 16.5. The number of amides is 1. The Morgan fingerprint density at radius 2 is 2.18 bits per heavy atom. The summed E-state index contributed by atoms with van der Waals surface area (Å²) >= 11 is 0. The molecule has 2 atom stereocenters. The SMILES string of the molecule is CC1OCCC1C(=O)NCc1ccc(O)cc1. The van der Waals surface area contributed by atoms with Crippen molar-refractivity contribution < 1.29 is 14.6 Å². The molecule has 0 aliphatic carbocycles. The van der Waals surface area contributed by atoms with Crippen LogP contribution < -0.4 is 5.32 Å². The van der Waals surface area contributed by atoms with Gasteiger partial charge in [0.05, 0.1) is 12.0 Å². The van der Waals surface area contributed by atoms with Crippen LogP contribution in [-0.4, -0.2) is 23.7 Å². The molecule has 1 amide bonds. The molecule has 0 spiro atoms. The smallest absolute Gasteiger partial charge is 0.226 e. The highest BCUT2D eigenvalue weighted by molar-refractivity contribution is 5.79. The van der Waals surface area contributed by atoms with Crippen LogP contribution in [0.4, 0.5) is 0 Å². The van der Waals surface area contributed by atoms with Gasteiger partial charge in [-0.3, -0.25) is 4.79 Å². The molecular weight excluding hydrogens is 218 g/mol. The molecule has 2 unspecified atom stereocenters. The normalized spacial score (nSPS) is 23.6. The molecule has 2 rings (SSSR count). The van der Waals surface area contributed by atoms with Gasteiger partial charge in [-0.1, -0.05) is 12.1 Å². The molecule has 1 aliphatic heterocycles. The van der Waals surface area contributed by atoms with Crippen molar-refractivity contribution in [2.24, 2.45) is 5.92 Å². The third kappa shape index (κ3) is 2.97. The third-order valence-corrected chi connectivity index (χ3v) is 3.12. The van der Waals surface area contributed by atoms with E-state index in [9.17, 15) is 4.79 Å². The van der Waals surface area contributed by atoms with Gasteiger partial charge in [0.15, 0.2) is 0 Å². The van der Waals surface area contributed by atoms with Crippen LogP contribution in [0.3, 0.4) is 0 Å². The fourth-order valence-electron chi connectivity index (χ4n) is 2.01. The van der Waals surface area contributed by atoms with Crippen LogP contribution in [0.25, 0.3) is 0 Å². The van der Waals surface area contributed by atoms with E-state index in [1.54, 1.807) is 24.3 Å². The van der Waals surface area contributed by atoms with Gasteiger partial charge in [0.1, 0.15) is 5.75 Å². The lowest BCUT2D eigenvalue weighted by Gasteiger charge is -2.14. The van der Waals surface area contributed by atoms with Crippen LogP contribution in [0, 0.1) is 5.92 Å². The van der Waals surface area contributed by atoms with Gasteiger partial charge >= 0.3 is 0 Å². The summed E-state index contributed by atoms with van der Waals surface area (Å²) in [6, 6.07) is 6.82. The predicted molar refractivity (Wildman–Crippen MR) is 63.5 cm³/mol. The summed E-state index contributed by atoms with van der Waals surface area (Å²) in [5, 5.41) is 12.0. The summed E-state index contributed by atoms with van der Waals surface area (Å²) in [7, 11) is 0. The number of phenols is 1. The lowest BCUT2D eigenvalue weighted by atomic mass is 10.0. The average molecular weight is 235 g/mol. The number of carbonyl (C=O) groups is 1. The summed E-state index contributed by atoms with van der Waals surface area (Å²) in [5.41, 5.74) is 0.975. The van der Waals surface area contributed by atoms with Gasteiger partial charge in [0, 0.05) is 13.2 Å². The van der Waals surface area contributed by atoms with Crippen molar-refractivity contribution in [1.29, 1.82) is 0 Å². The zero-order valence-corrected chi connectivity index (χ0v) is 9.85. The summed E-state index contributed by atoms with van der Waals surface area (Å²) in [6.45, 7) is 3.08. The first kappa shape index (κ1) is 11.9. The number of hydrogen-bond acceptors (Lipinski definition) is 3. The summed E-state index contributed by atoms with van der Waals surface area (Å²) in [4.78, 5) is 11.9. The maximum Gasteiger partial charge on any atom is 0.226 e. The lowest BCUT2D eigenvalue weighted by Crippen LogP contribution is -2.33. The van der Waals surface area contributed by atoms with E-state index >= 15 is 0 Å². The number of rotatable bonds is 3. The second-order valence-electron chi connectivity index (χ2n) is 4.36. The van der Waals surface area contributed by atoms with Crippen LogP contribution in [0.2, 0.25) is 0 Å². The monoisotopic (exact) mass is 235 g/mol. The molecule has 4 heteroatoms. The lowest BCUT2D eigenvalue weighted by molar-refractivity contribution is -0.126. The van der Waals surface area contributed by atoms with Gasteiger partial charge in [-0.05, 0) is 31.0 Å². The fourth-order valence-corrected chi connectivity index (χ4v) is 2.01. The standard InChI is InChI=1S/C13H17NO3/c1-9-12(6-7-17-9)13(16)14-8-10-2-4-11(15)5-3-10/h2-5,9,12,15H,6-8H2,1H3,(H,14,16). The first-order chi connectivity index (χ1) is 8.16. The fraction of sp³-hybridized carbons (Fsp3) is 0.462. The van der Waals surface area contributed by atoms with E-state index < -0.39 is 0 Å². The molecule has 0 bridgehead atoms. The van der Waals surface area contributed by atoms with Gasteiger partial charge in [-0.2, -0.15) is 0 Å². The first-order valence-corrected chi connectivity index (χ1v) is 5.84. The van der Waals surface area contributed by atoms with Crippen LogP contribution in [-0.2, 0) is 16.1 Å². The maximum atomic E-state index is 11.9. The summed E-state index contributed by atoms with van der Waals surface area (Å²) in [6.07, 6.45) is 0.803. The van der Waals surface area contributed by atoms with E-state index in [2.05, 4.69) is 5.32 Å². The Labute approximate surface area is 101 Å². The van der Waals surface area contributed by atoms with Crippen molar-refractivity contribution in [3.8, 4) is 5.75 Å². The maximum absolute atomic E-state index is 11.9. The minimum atomic E-state index is -0.0351. The van der Waals surface area contributed by atoms with E-state index in [0.717, 1.165) is 12.0 Å². The average Bonchev–Trinajstić information content (AvgIpc) is 2.74. The minimum absolute atomic E-state index is 0.00909. The van der Waals surface area contributed by atoms with Crippen molar-refractivity contribution in [2.45, 2.75) is 26.0 Å². The van der Waals surface area contributed by atoms with E-state index in [1.807, 2.05) is 6.92 Å². The Morgan fingerprint density at radius 1 is 1.47 bits per heavy atom. The molecule has 0 radical (unpaired) electrons. The largest absolute Gasteiger partial charge is 0.508 e. The number of benzene rings is 1. The number of carbonyl (C=O) groups excluding carboxylic acids is 1. The molecule has 1 aromatic carbocycles. The number of nitrogens with one attached hydrogen (secondary N) is 1. The number of aromatic hydroxyl groups is 1. The number of hydrogen-bond donors (Lipinski definition) is 2. The van der Waals surface area contributed by atoms with Gasteiger partial charge in [0.2, 0.25) is 5.91 Å². The van der Waals surface area contributed by atoms with Gasteiger partial charge in [0.25, 0.3) is 0 Å². The molecule has 0 saturated carbocycles. The van der Waals surface area contributed by atoms with Crippen molar-refractivity contribution in [2.75, 3.05) is 6.61 Å². The third-order valence-electron chi connectivity index (χ3n) is 3.12. The van der Waals surface area contributed by atoms with Crippen LogP contribution >= 0.6 is 0 Å². The van der Waals surface area contributed by atoms with Crippen molar-refractivity contribution in [3.63, 3.8) is 0 Å². The number of ether oxygens (including phenoxy) is 1. The van der Waals surface area contributed by atoms with E-state index in [0.29, 0.717) is 13.2 Å². The molecule has 2 N–H and O–H groups in total. The highest BCUT2D eigenvalue weighted by Gasteiger charge is 2.30. The number of phenolic OH excluding ortho intramolecular Hbond substituents is 1. The Hall–Kier alpha value is -1.55. The molecule has 1 aromatic rings. The second-order valence-corrected chi connectivity index (χ2v) is 4.36. The Balaban J connectivity index is 1.85. The molecule has 0 aromatic heterocycles. The van der Waals surface area contributed by atoms with Gasteiger partial charge in [-0.25, -0.2) is 0 Å². The molecule has 4 nitrogen and oxygen atoms in total. The Morgan fingerprint density at radius 3 is 2.76 bits per heavy atom. The van der Waals surface area contributed by atoms with Crippen molar-refractivity contribution in [1.82, 2.24) is 5.32 Å². The van der Waals surface area contributed by atoms with Crippen LogP contribution in [0.5, 0.6) is 5.75 Å². The van der Waals surface area contributed by atoms with Crippen molar-refractivity contribution in [3.05, 3.63) is 29.8 Å². The van der Waals surface area contributed by atoms with E-state index in [4.69, 9.17) is 9.84 Å². The quantitative estimate of drug-likeness (QED) is 0.833. The van der Waals surface area contributed by atoms with Crippen LogP contribution in [0.1, 0.15) is 18.9 Å². The molecule has 92 valence electrons. The molecule has 17 heavy (non-hydrogen) atoms. The van der Waals surface area contributed by atoms with E-state index in [-0.39, 0.29) is 23.7 Å². The Kier molecular flexibility index (Phi) is 3.64. The van der Waals surface area contributed by atoms with Crippen molar-refractivity contribution >= 4 is 5.91 Å². The summed E-state index contributed by atoms with van der Waals surface area (Å²) in [5.74, 6) is 0.244. The summed E-state index contributed by atoms with van der Waals surface area (Å²) < 4.78 is 5.36. The molecule has 1 aliphatic rings. The first-order valence-electron chi connectivity index (χ1n) is 5.84. The molecule has 1 heterocycles. The zero-order valence-electron chi connectivity index (χ0n) is 9.85. The zero-order chi connectivity index (χ0) is 12.3. The van der Waals surface area contributed by atoms with Crippen LogP contribution in [0.15, 0.2) is 24.3 Å². The molecular formula is C13H17NO3. The second kappa shape index (κ2) is 5.19. The Bertz CT molecular complexity index is 388. The highest BCUT2D eigenvalue weighted by Crippen LogP contribution is 2.20. The predicted octanol–water partition coefficient (Wildman–Crippen LogP) is 1.43.